The molecule has 0 aliphatic carbocycles. The molecular weight excluding hydrogens is 138 g/mol. The van der Waals surface area contributed by atoms with Crippen molar-refractivity contribution in [1.29, 1.82) is 5.26 Å². The summed E-state index contributed by atoms with van der Waals surface area (Å²) in [6, 6.07) is 4.07. The molecule has 1 aromatic heterocycles. The minimum Gasteiger partial charge on any atom is -0.348 e. The van der Waals surface area contributed by atoms with Crippen molar-refractivity contribution in [2.45, 2.75) is 13.1 Å². The molecule has 1 N–H and O–H groups in total. The normalized spacial score (nSPS) is 15.5. The molecule has 0 radical (unpaired) electrons. The van der Waals surface area contributed by atoms with E-state index in [0.29, 0.717) is 0 Å². The zero-order valence-corrected chi connectivity index (χ0v) is 6.17. The van der Waals surface area contributed by atoms with Gasteiger partial charge in [-0.25, -0.2) is 0 Å². The number of nitriles is 1. The van der Waals surface area contributed by atoms with Crippen molar-refractivity contribution in [2.24, 2.45) is 0 Å². The largest absolute Gasteiger partial charge is 0.348 e. The van der Waals surface area contributed by atoms with E-state index in [1.165, 1.54) is 5.69 Å². The smallest absolute Gasteiger partial charge is 0.101 e. The first-order valence-corrected chi connectivity index (χ1v) is 3.70. The second kappa shape index (κ2) is 2.40. The van der Waals surface area contributed by atoms with E-state index in [1.807, 2.05) is 12.3 Å². The Kier molecular flexibility index (Phi) is 1.41. The van der Waals surface area contributed by atoms with Gasteiger partial charge in [-0.15, -0.1) is 0 Å². The molecule has 1 aromatic rings. The molecule has 0 aromatic carbocycles. The van der Waals surface area contributed by atoms with E-state index in [1.54, 1.807) is 0 Å². The van der Waals surface area contributed by atoms with E-state index < -0.39 is 0 Å². The number of fused-ring (bicyclic) bond motifs is 1. The lowest BCUT2D eigenvalue weighted by molar-refractivity contribution is 0.516. The summed E-state index contributed by atoms with van der Waals surface area (Å²) in [5.41, 5.74) is 1.98. The van der Waals surface area contributed by atoms with E-state index in [4.69, 9.17) is 5.26 Å². The van der Waals surface area contributed by atoms with Crippen molar-refractivity contribution in [3.63, 3.8) is 0 Å². The van der Waals surface area contributed by atoms with Crippen molar-refractivity contribution >= 4 is 0 Å². The number of nitrogens with one attached hydrogen (secondary N) is 1. The van der Waals surface area contributed by atoms with Crippen molar-refractivity contribution in [1.82, 2.24) is 9.88 Å². The molecule has 56 valence electrons. The summed E-state index contributed by atoms with van der Waals surface area (Å²) in [5.74, 6) is 0. The van der Waals surface area contributed by atoms with Crippen molar-refractivity contribution in [3.8, 4) is 6.07 Å². The third-order valence-corrected chi connectivity index (χ3v) is 1.95. The average Bonchev–Trinajstić information content (AvgIpc) is 2.46. The highest BCUT2D eigenvalue weighted by molar-refractivity contribution is 5.30. The molecule has 0 bridgehead atoms. The SMILES string of the molecule is N#Cc1cc2n(c1)CCNC2. The van der Waals surface area contributed by atoms with Gasteiger partial charge in [-0.3, -0.25) is 0 Å². The summed E-state index contributed by atoms with van der Waals surface area (Å²) in [7, 11) is 0. The van der Waals surface area contributed by atoms with Gasteiger partial charge in [0, 0.05) is 31.5 Å². The van der Waals surface area contributed by atoms with Crippen LogP contribution >= 0.6 is 0 Å². The van der Waals surface area contributed by atoms with Gasteiger partial charge in [0.15, 0.2) is 0 Å². The Morgan fingerprint density at radius 3 is 3.27 bits per heavy atom. The molecule has 2 heterocycles. The molecule has 2 rings (SSSR count). The van der Waals surface area contributed by atoms with Gasteiger partial charge in [-0.2, -0.15) is 5.26 Å². The van der Waals surface area contributed by atoms with E-state index in [9.17, 15) is 0 Å². The number of aromatic nitrogens is 1. The van der Waals surface area contributed by atoms with Crippen LogP contribution in [0.1, 0.15) is 11.3 Å². The fourth-order valence-electron chi connectivity index (χ4n) is 1.39. The molecule has 0 unspecified atom stereocenters. The van der Waals surface area contributed by atoms with Crippen LogP contribution in [0.3, 0.4) is 0 Å². The number of nitrogens with zero attached hydrogens (tertiary/aromatic N) is 2. The standard InChI is InChI=1S/C8H9N3/c9-4-7-3-8-5-10-1-2-11(8)6-7/h3,6,10H,1-2,5H2. The highest BCUT2D eigenvalue weighted by Gasteiger charge is 2.08. The molecular formula is C8H9N3. The molecule has 3 heteroatoms. The van der Waals surface area contributed by atoms with Crippen molar-refractivity contribution in [3.05, 3.63) is 23.5 Å². The molecule has 0 atom stereocenters. The van der Waals surface area contributed by atoms with E-state index in [-0.39, 0.29) is 0 Å². The summed E-state index contributed by atoms with van der Waals surface area (Å²) in [5, 5.41) is 11.9. The zero-order valence-electron chi connectivity index (χ0n) is 6.17. The zero-order chi connectivity index (χ0) is 7.68. The lowest BCUT2D eigenvalue weighted by Gasteiger charge is -2.15. The fourth-order valence-corrected chi connectivity index (χ4v) is 1.39. The minimum absolute atomic E-state index is 0.767. The van der Waals surface area contributed by atoms with Crippen LogP contribution in [0.25, 0.3) is 0 Å². The predicted molar refractivity (Wildman–Crippen MR) is 40.9 cm³/mol. The number of rotatable bonds is 0. The summed E-state index contributed by atoms with van der Waals surface area (Å²) >= 11 is 0. The second-order valence-electron chi connectivity index (χ2n) is 2.70. The van der Waals surface area contributed by atoms with Crippen molar-refractivity contribution in [2.75, 3.05) is 6.54 Å². The van der Waals surface area contributed by atoms with Gasteiger partial charge in [0.25, 0.3) is 0 Å². The topological polar surface area (TPSA) is 40.8 Å². The summed E-state index contributed by atoms with van der Waals surface area (Å²) < 4.78 is 2.13. The van der Waals surface area contributed by atoms with Crippen LogP contribution in [0, 0.1) is 11.3 Å². The van der Waals surface area contributed by atoms with Crippen LogP contribution in [0.15, 0.2) is 12.3 Å². The van der Waals surface area contributed by atoms with Gasteiger partial charge in [0.1, 0.15) is 6.07 Å². The van der Waals surface area contributed by atoms with Gasteiger partial charge >= 0.3 is 0 Å². The number of hydrogen-bond acceptors (Lipinski definition) is 2. The number of hydrogen-bond donors (Lipinski definition) is 1. The maximum absolute atomic E-state index is 8.60. The Morgan fingerprint density at radius 2 is 2.55 bits per heavy atom. The Hall–Kier alpha value is -1.27. The predicted octanol–water partition coefficient (Wildman–Crippen LogP) is 0.463. The third-order valence-electron chi connectivity index (χ3n) is 1.95. The highest BCUT2D eigenvalue weighted by atomic mass is 15.1. The monoisotopic (exact) mass is 147 g/mol. The molecule has 3 nitrogen and oxygen atoms in total. The Balaban J connectivity index is 2.42. The van der Waals surface area contributed by atoms with E-state index >= 15 is 0 Å². The molecule has 1 aliphatic rings. The van der Waals surface area contributed by atoms with Gasteiger partial charge in [-0.05, 0) is 6.07 Å². The van der Waals surface area contributed by atoms with Gasteiger partial charge in [-0.1, -0.05) is 0 Å². The van der Waals surface area contributed by atoms with E-state index in [0.717, 1.165) is 25.2 Å². The lowest BCUT2D eigenvalue weighted by atomic mass is 10.3. The second-order valence-corrected chi connectivity index (χ2v) is 2.70. The van der Waals surface area contributed by atoms with Crippen LogP contribution in [-0.2, 0) is 13.1 Å². The van der Waals surface area contributed by atoms with E-state index in [2.05, 4.69) is 16.0 Å². The minimum atomic E-state index is 0.767. The van der Waals surface area contributed by atoms with Crippen LogP contribution < -0.4 is 5.32 Å². The summed E-state index contributed by atoms with van der Waals surface area (Å²) in [6.45, 7) is 2.88. The van der Waals surface area contributed by atoms with Gasteiger partial charge in [0.2, 0.25) is 0 Å². The van der Waals surface area contributed by atoms with Gasteiger partial charge in [0.05, 0.1) is 5.56 Å². The van der Waals surface area contributed by atoms with Gasteiger partial charge < -0.3 is 9.88 Å². The molecule has 0 fully saturated rings. The molecule has 0 spiro atoms. The maximum Gasteiger partial charge on any atom is 0.101 e. The maximum atomic E-state index is 8.60. The quantitative estimate of drug-likeness (QED) is 0.579. The Morgan fingerprint density at radius 1 is 1.64 bits per heavy atom. The summed E-state index contributed by atoms with van der Waals surface area (Å²) in [4.78, 5) is 0. The van der Waals surface area contributed by atoms with Crippen LogP contribution in [0.5, 0.6) is 0 Å². The summed E-state index contributed by atoms with van der Waals surface area (Å²) in [6.07, 6.45) is 1.91. The molecule has 1 aliphatic heterocycles. The molecule has 0 saturated heterocycles. The Labute approximate surface area is 65.2 Å². The molecule has 11 heavy (non-hydrogen) atoms. The van der Waals surface area contributed by atoms with Crippen LogP contribution in [-0.4, -0.2) is 11.1 Å². The molecule has 0 amide bonds. The first-order chi connectivity index (χ1) is 5.40. The van der Waals surface area contributed by atoms with Crippen molar-refractivity contribution < 1.29 is 0 Å². The third kappa shape index (κ3) is 1.02. The lowest BCUT2D eigenvalue weighted by Crippen LogP contribution is -2.27. The average molecular weight is 147 g/mol. The van der Waals surface area contributed by atoms with Crippen LogP contribution in [0.2, 0.25) is 0 Å². The fraction of sp³-hybridized carbons (Fsp3) is 0.375. The van der Waals surface area contributed by atoms with Crippen LogP contribution in [0.4, 0.5) is 0 Å². The highest BCUT2D eigenvalue weighted by Crippen LogP contribution is 2.09. The molecule has 0 saturated carbocycles. The first kappa shape index (κ1) is 6.44. The Bertz CT molecular complexity index is 282. The first-order valence-electron chi connectivity index (χ1n) is 3.70.